The van der Waals surface area contributed by atoms with E-state index in [0.717, 1.165) is 0 Å². The first-order valence-corrected chi connectivity index (χ1v) is 12.2. The Morgan fingerprint density at radius 2 is 1.72 bits per heavy atom. The summed E-state index contributed by atoms with van der Waals surface area (Å²) < 4.78 is 25.9. The highest BCUT2D eigenvalue weighted by atomic mass is 35.5. The van der Waals surface area contributed by atoms with Gasteiger partial charge in [-0.1, -0.05) is 11.6 Å². The molecule has 1 amide bonds. The Morgan fingerprint density at radius 1 is 1.00 bits per heavy atom. The average Bonchev–Trinajstić information content (AvgIpc) is 2.94. The molecule has 5 aromatic rings. The van der Waals surface area contributed by atoms with Crippen LogP contribution in [0.3, 0.4) is 0 Å². The van der Waals surface area contributed by atoms with Gasteiger partial charge < -0.3 is 14.8 Å². The van der Waals surface area contributed by atoms with E-state index in [9.17, 15) is 14.0 Å². The van der Waals surface area contributed by atoms with Crippen molar-refractivity contribution in [3.05, 3.63) is 111 Å². The van der Waals surface area contributed by atoms with Gasteiger partial charge in [0.15, 0.2) is 5.75 Å². The Balaban J connectivity index is 1.40. The molecule has 0 saturated carbocycles. The van der Waals surface area contributed by atoms with E-state index < -0.39 is 17.3 Å². The zero-order valence-corrected chi connectivity index (χ0v) is 21.9. The van der Waals surface area contributed by atoms with Crippen LogP contribution >= 0.6 is 11.6 Å². The van der Waals surface area contributed by atoms with Crippen LogP contribution in [0.5, 0.6) is 17.2 Å². The molecule has 39 heavy (non-hydrogen) atoms. The molecular weight excluding hydrogens is 523 g/mol. The third kappa shape index (κ3) is 5.04. The van der Waals surface area contributed by atoms with Gasteiger partial charge in [0.1, 0.15) is 28.4 Å². The predicted octanol–water partition coefficient (Wildman–Crippen LogP) is 6.24. The minimum Gasteiger partial charge on any atom is -0.495 e. The van der Waals surface area contributed by atoms with Crippen LogP contribution in [0.2, 0.25) is 5.02 Å². The van der Waals surface area contributed by atoms with E-state index in [0.29, 0.717) is 50.9 Å². The third-order valence-corrected chi connectivity index (χ3v) is 6.73. The van der Waals surface area contributed by atoms with Crippen LogP contribution in [0.25, 0.3) is 16.7 Å². The first kappa shape index (κ1) is 25.9. The number of amides is 1. The minimum atomic E-state index is -0.623. The predicted molar refractivity (Wildman–Crippen MR) is 147 cm³/mol. The smallest absolute Gasteiger partial charge is 0.268 e. The third-order valence-electron chi connectivity index (χ3n) is 6.18. The first-order chi connectivity index (χ1) is 18.8. The fraction of sp³-hybridized carbons (Fsp3) is 0.103. The number of fused-ring (bicyclic) bond motifs is 1. The van der Waals surface area contributed by atoms with Crippen LogP contribution in [-0.2, 0) is 0 Å². The lowest BCUT2D eigenvalue weighted by molar-refractivity contribution is 0.102. The summed E-state index contributed by atoms with van der Waals surface area (Å²) >= 11 is 6.50. The van der Waals surface area contributed by atoms with Crippen molar-refractivity contribution in [2.75, 3.05) is 12.4 Å². The Labute approximate surface area is 227 Å². The van der Waals surface area contributed by atoms with Crippen LogP contribution < -0.4 is 20.3 Å². The molecule has 5 rings (SSSR count). The van der Waals surface area contributed by atoms with E-state index in [1.165, 1.54) is 28.8 Å². The fourth-order valence-corrected chi connectivity index (χ4v) is 4.36. The summed E-state index contributed by atoms with van der Waals surface area (Å²) in [6.45, 7) is 3.28. The average molecular weight is 545 g/mol. The van der Waals surface area contributed by atoms with Crippen molar-refractivity contribution in [1.82, 2.24) is 14.5 Å². The molecule has 0 spiro atoms. The van der Waals surface area contributed by atoms with Gasteiger partial charge in [0.05, 0.1) is 23.8 Å². The van der Waals surface area contributed by atoms with Crippen LogP contribution in [-0.4, -0.2) is 27.6 Å². The van der Waals surface area contributed by atoms with Crippen molar-refractivity contribution in [2.24, 2.45) is 0 Å². The number of hydrogen-bond acceptors (Lipinski definition) is 6. The van der Waals surface area contributed by atoms with Gasteiger partial charge in [-0.3, -0.25) is 19.1 Å². The molecule has 0 aliphatic carbocycles. The van der Waals surface area contributed by atoms with Crippen molar-refractivity contribution < 1.29 is 18.7 Å². The van der Waals surface area contributed by atoms with E-state index in [4.69, 9.17) is 21.1 Å². The van der Waals surface area contributed by atoms with Crippen molar-refractivity contribution in [3.63, 3.8) is 0 Å². The molecule has 0 aliphatic rings. The van der Waals surface area contributed by atoms with Crippen LogP contribution in [0.4, 0.5) is 10.1 Å². The Morgan fingerprint density at radius 3 is 2.41 bits per heavy atom. The van der Waals surface area contributed by atoms with Crippen LogP contribution in [0, 0.1) is 19.7 Å². The largest absolute Gasteiger partial charge is 0.495 e. The number of halogens is 2. The summed E-state index contributed by atoms with van der Waals surface area (Å²) in [5.41, 5.74) is 2.15. The number of carbonyl (C=O) groups excluding carboxylic acids is 1. The number of nitrogens with zero attached hydrogens (tertiary/aromatic N) is 3. The number of anilines is 1. The molecule has 10 heteroatoms. The molecule has 196 valence electrons. The van der Waals surface area contributed by atoms with Gasteiger partial charge >= 0.3 is 0 Å². The van der Waals surface area contributed by atoms with E-state index in [2.05, 4.69) is 15.3 Å². The van der Waals surface area contributed by atoms with Crippen molar-refractivity contribution >= 4 is 34.2 Å². The second-order valence-electron chi connectivity index (χ2n) is 8.65. The summed E-state index contributed by atoms with van der Waals surface area (Å²) in [6, 6.07) is 15.5. The lowest BCUT2D eigenvalue weighted by Gasteiger charge is -2.17. The fourth-order valence-electron chi connectivity index (χ4n) is 4.18. The molecule has 0 saturated heterocycles. The number of hydrogen-bond donors (Lipinski definition) is 1. The lowest BCUT2D eigenvalue weighted by Crippen LogP contribution is -2.31. The Hall–Kier alpha value is -4.76. The zero-order valence-electron chi connectivity index (χ0n) is 21.2. The maximum atomic E-state index is 13.4. The maximum Gasteiger partial charge on any atom is 0.268 e. The number of aromatic nitrogens is 3. The standard InChI is InChI=1S/C29H22ClFN4O4/c1-16-25(29(37)35(17(2)26(16)30)20-8-4-18(31)5-9-20)28(36)34-19-6-10-21(11-7-19)39-24-12-13-32-23-14-22(38-3)15-33-27(23)24/h4-15H,1-3H3,(H,34,36). The normalized spacial score (nSPS) is 10.9. The highest BCUT2D eigenvalue weighted by Crippen LogP contribution is 2.30. The molecule has 0 bridgehead atoms. The molecule has 8 nitrogen and oxygen atoms in total. The Kier molecular flexibility index (Phi) is 7.00. The lowest BCUT2D eigenvalue weighted by atomic mass is 10.1. The molecule has 0 unspecified atom stereocenters. The number of methoxy groups -OCH3 is 1. The molecule has 0 radical (unpaired) electrons. The summed E-state index contributed by atoms with van der Waals surface area (Å²) in [4.78, 5) is 35.3. The number of nitrogens with one attached hydrogen (secondary N) is 1. The van der Waals surface area contributed by atoms with Crippen molar-refractivity contribution in [3.8, 4) is 22.9 Å². The molecule has 2 aromatic carbocycles. The summed E-state index contributed by atoms with van der Waals surface area (Å²) in [7, 11) is 1.56. The van der Waals surface area contributed by atoms with Gasteiger partial charge in [0, 0.05) is 35.4 Å². The highest BCUT2D eigenvalue weighted by molar-refractivity contribution is 6.32. The number of ether oxygens (including phenoxy) is 2. The van der Waals surface area contributed by atoms with Crippen LogP contribution in [0.15, 0.2) is 77.9 Å². The van der Waals surface area contributed by atoms with E-state index in [1.807, 2.05) is 0 Å². The van der Waals surface area contributed by atoms with Gasteiger partial charge in [-0.15, -0.1) is 0 Å². The van der Waals surface area contributed by atoms with Gasteiger partial charge in [0.2, 0.25) is 0 Å². The van der Waals surface area contributed by atoms with Gasteiger partial charge in [0.25, 0.3) is 11.5 Å². The molecular formula is C29H22ClFN4O4. The molecule has 3 heterocycles. The Bertz CT molecular complexity index is 1770. The van der Waals surface area contributed by atoms with E-state index in [1.54, 1.807) is 69.7 Å². The van der Waals surface area contributed by atoms with Gasteiger partial charge in [-0.2, -0.15) is 0 Å². The van der Waals surface area contributed by atoms with Crippen molar-refractivity contribution in [1.29, 1.82) is 0 Å². The summed E-state index contributed by atoms with van der Waals surface area (Å²) in [6.07, 6.45) is 3.19. The summed E-state index contributed by atoms with van der Waals surface area (Å²) in [5, 5.41) is 3.01. The number of pyridine rings is 3. The molecule has 0 atom stereocenters. The zero-order chi connectivity index (χ0) is 27.7. The highest BCUT2D eigenvalue weighted by Gasteiger charge is 2.22. The van der Waals surface area contributed by atoms with E-state index in [-0.39, 0.29) is 10.6 Å². The second kappa shape index (κ2) is 10.5. The first-order valence-electron chi connectivity index (χ1n) is 11.8. The molecule has 3 aromatic heterocycles. The maximum absolute atomic E-state index is 13.4. The van der Waals surface area contributed by atoms with E-state index >= 15 is 0 Å². The number of benzene rings is 2. The molecule has 1 N–H and O–H groups in total. The van der Waals surface area contributed by atoms with Crippen molar-refractivity contribution in [2.45, 2.75) is 13.8 Å². The van der Waals surface area contributed by atoms with Gasteiger partial charge in [-0.25, -0.2) is 9.37 Å². The number of rotatable bonds is 6. The molecule has 0 aliphatic heterocycles. The van der Waals surface area contributed by atoms with Crippen LogP contribution in [0.1, 0.15) is 21.6 Å². The quantitative estimate of drug-likeness (QED) is 0.272. The molecule has 0 fully saturated rings. The summed E-state index contributed by atoms with van der Waals surface area (Å²) in [5.74, 6) is 0.530. The minimum absolute atomic E-state index is 0.111. The SMILES string of the molecule is COc1cnc2c(Oc3ccc(NC(=O)c4c(C)c(Cl)c(C)n(-c5ccc(F)cc5)c4=O)cc3)ccnc2c1. The second-order valence-corrected chi connectivity index (χ2v) is 9.03. The monoisotopic (exact) mass is 544 g/mol. The topological polar surface area (TPSA) is 95.3 Å². The number of carbonyl (C=O) groups is 1. The van der Waals surface area contributed by atoms with Gasteiger partial charge in [-0.05, 0) is 67.9 Å².